The molecule has 1 amide bonds. The first-order valence-electron chi connectivity index (χ1n) is 8.32. The van der Waals surface area contributed by atoms with Gasteiger partial charge < -0.3 is 10.1 Å². The molecule has 0 atom stereocenters. The van der Waals surface area contributed by atoms with Crippen molar-refractivity contribution in [3.63, 3.8) is 0 Å². The van der Waals surface area contributed by atoms with Crippen LogP contribution in [0.3, 0.4) is 0 Å². The number of thiophene rings is 1. The summed E-state index contributed by atoms with van der Waals surface area (Å²) in [6.45, 7) is 5.30. The number of benzene rings is 1. The molecule has 0 spiro atoms. The van der Waals surface area contributed by atoms with Gasteiger partial charge in [-0.05, 0) is 39.0 Å². The number of carbonyl (C=O) groups excluding carboxylic acids is 2. The summed E-state index contributed by atoms with van der Waals surface area (Å²) in [7, 11) is 0. The van der Waals surface area contributed by atoms with Crippen LogP contribution >= 0.6 is 22.7 Å². The lowest BCUT2D eigenvalue weighted by molar-refractivity contribution is 0.0528. The molecule has 0 aliphatic heterocycles. The molecule has 0 saturated carbocycles. The number of ether oxygens (including phenoxy) is 1. The summed E-state index contributed by atoms with van der Waals surface area (Å²) in [5.74, 6) is -2.54. The molecule has 1 N–H and O–H groups in total. The molecule has 0 fully saturated rings. The monoisotopic (exact) mass is 422 g/mol. The molecule has 0 radical (unpaired) electrons. The van der Waals surface area contributed by atoms with E-state index in [9.17, 15) is 18.4 Å². The van der Waals surface area contributed by atoms with E-state index in [1.807, 2.05) is 0 Å². The molecule has 28 heavy (non-hydrogen) atoms. The third-order valence-corrected chi connectivity index (χ3v) is 5.90. The largest absolute Gasteiger partial charge is 0.462 e. The Hall–Kier alpha value is -2.65. The Balaban J connectivity index is 1.91. The van der Waals surface area contributed by atoms with Gasteiger partial charge in [-0.25, -0.2) is 18.6 Å². The number of rotatable bonds is 5. The Morgan fingerprint density at radius 3 is 2.50 bits per heavy atom. The molecular weight excluding hydrogens is 406 g/mol. The molecule has 3 rings (SSSR count). The SMILES string of the molecule is CCOC(=O)c1cc(C)sc1NC(=O)c1sc(-c2c(F)cccc2F)nc1C. The number of halogens is 2. The highest BCUT2D eigenvalue weighted by atomic mass is 32.1. The van der Waals surface area contributed by atoms with Gasteiger partial charge in [-0.3, -0.25) is 4.79 Å². The maximum absolute atomic E-state index is 14.0. The van der Waals surface area contributed by atoms with E-state index in [2.05, 4.69) is 10.3 Å². The Morgan fingerprint density at radius 1 is 1.18 bits per heavy atom. The fourth-order valence-corrected chi connectivity index (χ4v) is 4.45. The lowest BCUT2D eigenvalue weighted by Gasteiger charge is -2.05. The van der Waals surface area contributed by atoms with Crippen molar-refractivity contribution >= 4 is 39.6 Å². The van der Waals surface area contributed by atoms with Crippen LogP contribution in [0.15, 0.2) is 24.3 Å². The molecule has 2 heterocycles. The molecule has 5 nitrogen and oxygen atoms in total. The number of thiazole rings is 1. The third kappa shape index (κ3) is 3.95. The topological polar surface area (TPSA) is 68.3 Å². The van der Waals surface area contributed by atoms with E-state index < -0.39 is 23.5 Å². The van der Waals surface area contributed by atoms with Gasteiger partial charge in [-0.2, -0.15) is 0 Å². The summed E-state index contributed by atoms with van der Waals surface area (Å²) < 4.78 is 33.0. The van der Waals surface area contributed by atoms with E-state index in [1.165, 1.54) is 17.4 Å². The second-order valence-corrected chi connectivity index (χ2v) is 8.06. The predicted octanol–water partition coefficient (Wildman–Crippen LogP) is 5.20. The zero-order valence-corrected chi connectivity index (χ0v) is 16.9. The van der Waals surface area contributed by atoms with Crippen LogP contribution in [0.1, 0.15) is 37.5 Å². The van der Waals surface area contributed by atoms with E-state index in [0.717, 1.165) is 28.3 Å². The lowest BCUT2D eigenvalue weighted by atomic mass is 10.2. The Bertz CT molecular complexity index is 1040. The van der Waals surface area contributed by atoms with Crippen molar-refractivity contribution in [2.24, 2.45) is 0 Å². The van der Waals surface area contributed by atoms with Gasteiger partial charge in [0.05, 0.1) is 23.4 Å². The summed E-state index contributed by atoms with van der Waals surface area (Å²) >= 11 is 2.12. The Morgan fingerprint density at radius 2 is 1.86 bits per heavy atom. The molecule has 0 saturated heterocycles. The minimum atomic E-state index is -0.751. The summed E-state index contributed by atoms with van der Waals surface area (Å²) in [5.41, 5.74) is 0.334. The second kappa shape index (κ2) is 8.15. The van der Waals surface area contributed by atoms with E-state index >= 15 is 0 Å². The number of carbonyl (C=O) groups is 2. The van der Waals surface area contributed by atoms with Gasteiger partial charge in [0.1, 0.15) is 26.5 Å². The standard InChI is InChI=1S/C19H16F2N2O3S2/c1-4-26-19(25)11-8-9(2)27-17(11)23-16(24)15-10(3)22-18(28-15)14-12(20)6-5-7-13(14)21/h5-8H,4H2,1-3H3,(H,23,24). The molecule has 0 unspecified atom stereocenters. The van der Waals surface area contributed by atoms with Gasteiger partial charge in [0.15, 0.2) is 0 Å². The van der Waals surface area contributed by atoms with Crippen molar-refractivity contribution in [3.8, 4) is 10.6 Å². The number of anilines is 1. The van der Waals surface area contributed by atoms with Gasteiger partial charge in [0.2, 0.25) is 0 Å². The van der Waals surface area contributed by atoms with Crippen molar-refractivity contribution in [2.75, 3.05) is 11.9 Å². The minimum Gasteiger partial charge on any atom is -0.462 e. The van der Waals surface area contributed by atoms with Gasteiger partial charge in [0.25, 0.3) is 5.91 Å². The molecule has 2 aromatic heterocycles. The quantitative estimate of drug-likeness (QED) is 0.574. The zero-order valence-electron chi connectivity index (χ0n) is 15.3. The first-order chi connectivity index (χ1) is 13.3. The molecule has 146 valence electrons. The van der Waals surface area contributed by atoms with Crippen LogP contribution in [-0.4, -0.2) is 23.5 Å². The van der Waals surface area contributed by atoms with Gasteiger partial charge in [0, 0.05) is 4.88 Å². The fraction of sp³-hybridized carbons (Fsp3) is 0.211. The first kappa shape index (κ1) is 20.1. The van der Waals surface area contributed by atoms with E-state index in [4.69, 9.17) is 4.74 Å². The summed E-state index contributed by atoms with van der Waals surface area (Å²) in [6, 6.07) is 5.17. The Labute approximate surface area is 168 Å². The maximum atomic E-state index is 14.0. The van der Waals surface area contributed by atoms with Crippen LogP contribution in [0.2, 0.25) is 0 Å². The summed E-state index contributed by atoms with van der Waals surface area (Å²) in [4.78, 5) is 30.0. The fourth-order valence-electron chi connectivity index (χ4n) is 2.54. The molecular formula is C19H16F2N2O3S2. The number of aryl methyl sites for hydroxylation is 2. The van der Waals surface area contributed by atoms with E-state index in [-0.39, 0.29) is 27.6 Å². The molecule has 3 aromatic rings. The van der Waals surface area contributed by atoms with Crippen LogP contribution in [0.5, 0.6) is 0 Å². The van der Waals surface area contributed by atoms with Crippen LogP contribution in [0, 0.1) is 25.5 Å². The number of aromatic nitrogens is 1. The molecule has 9 heteroatoms. The number of nitrogens with one attached hydrogen (secondary N) is 1. The van der Waals surface area contributed by atoms with Crippen LogP contribution in [0.25, 0.3) is 10.6 Å². The molecule has 1 aromatic carbocycles. The van der Waals surface area contributed by atoms with Crippen molar-refractivity contribution in [1.29, 1.82) is 0 Å². The van der Waals surface area contributed by atoms with Crippen molar-refractivity contribution in [3.05, 3.63) is 56.9 Å². The number of hydrogen-bond acceptors (Lipinski definition) is 6. The van der Waals surface area contributed by atoms with Crippen LogP contribution in [0.4, 0.5) is 13.8 Å². The van der Waals surface area contributed by atoms with Gasteiger partial charge in [-0.1, -0.05) is 6.07 Å². The van der Waals surface area contributed by atoms with Crippen molar-refractivity contribution in [1.82, 2.24) is 4.98 Å². The normalized spacial score (nSPS) is 10.8. The Kier molecular flexibility index (Phi) is 5.85. The highest BCUT2D eigenvalue weighted by molar-refractivity contribution is 7.18. The van der Waals surface area contributed by atoms with Crippen LogP contribution in [-0.2, 0) is 4.74 Å². The van der Waals surface area contributed by atoms with Crippen molar-refractivity contribution in [2.45, 2.75) is 20.8 Å². The average molecular weight is 422 g/mol. The highest BCUT2D eigenvalue weighted by Gasteiger charge is 2.23. The van der Waals surface area contributed by atoms with Gasteiger partial charge in [-0.15, -0.1) is 22.7 Å². The van der Waals surface area contributed by atoms with E-state index in [1.54, 1.807) is 26.8 Å². The summed E-state index contributed by atoms with van der Waals surface area (Å²) in [5, 5.41) is 3.11. The molecule has 0 aliphatic rings. The molecule has 0 bridgehead atoms. The van der Waals surface area contributed by atoms with Crippen LogP contribution < -0.4 is 5.32 Å². The predicted molar refractivity (Wildman–Crippen MR) is 105 cm³/mol. The number of amides is 1. The summed E-state index contributed by atoms with van der Waals surface area (Å²) in [6.07, 6.45) is 0. The third-order valence-electron chi connectivity index (χ3n) is 3.76. The van der Waals surface area contributed by atoms with Gasteiger partial charge >= 0.3 is 5.97 Å². The maximum Gasteiger partial charge on any atom is 0.341 e. The average Bonchev–Trinajstić information content (AvgIpc) is 3.17. The highest BCUT2D eigenvalue weighted by Crippen LogP contribution is 2.33. The van der Waals surface area contributed by atoms with Crippen molar-refractivity contribution < 1.29 is 23.1 Å². The number of esters is 1. The number of hydrogen-bond donors (Lipinski definition) is 1. The second-order valence-electron chi connectivity index (χ2n) is 5.80. The lowest BCUT2D eigenvalue weighted by Crippen LogP contribution is -2.14. The first-order valence-corrected chi connectivity index (χ1v) is 9.95. The number of nitrogens with zero attached hydrogens (tertiary/aromatic N) is 1. The zero-order chi connectivity index (χ0) is 20.4. The minimum absolute atomic E-state index is 0.0752. The smallest absolute Gasteiger partial charge is 0.341 e. The van der Waals surface area contributed by atoms with E-state index in [0.29, 0.717) is 10.7 Å². The molecule has 0 aliphatic carbocycles.